The lowest BCUT2D eigenvalue weighted by Crippen LogP contribution is -2.09. The average Bonchev–Trinajstić information content (AvgIpc) is 2.31. The Morgan fingerprint density at radius 2 is 1.62 bits per heavy atom. The highest BCUT2D eigenvalue weighted by Crippen LogP contribution is 2.16. The topological polar surface area (TPSA) is 58.9 Å². The molecule has 0 aromatic rings. The second kappa shape index (κ2) is 12.9. The molecular formula is C12H26O4. The molecule has 0 unspecified atom stereocenters. The van der Waals surface area contributed by atoms with Crippen LogP contribution in [0.15, 0.2) is 0 Å². The Labute approximate surface area is 98.6 Å². The highest BCUT2D eigenvalue weighted by molar-refractivity contribution is 4.61. The SMILES string of the molecule is CCOCCOCCO.OC1CCCCC1. The molecule has 0 aromatic heterocycles. The van der Waals surface area contributed by atoms with Gasteiger partial charge in [0, 0.05) is 6.61 Å². The third-order valence-corrected chi connectivity index (χ3v) is 2.39. The van der Waals surface area contributed by atoms with Gasteiger partial charge in [0.15, 0.2) is 0 Å². The second-order valence-electron chi connectivity index (χ2n) is 3.82. The summed E-state index contributed by atoms with van der Waals surface area (Å²) in [5.41, 5.74) is 0. The van der Waals surface area contributed by atoms with Crippen LogP contribution in [0.3, 0.4) is 0 Å². The molecule has 4 heteroatoms. The lowest BCUT2D eigenvalue weighted by atomic mass is 9.98. The van der Waals surface area contributed by atoms with E-state index >= 15 is 0 Å². The maximum Gasteiger partial charge on any atom is 0.0701 e. The Kier molecular flexibility index (Phi) is 12.8. The van der Waals surface area contributed by atoms with Crippen molar-refractivity contribution < 1.29 is 19.7 Å². The smallest absolute Gasteiger partial charge is 0.0701 e. The molecule has 0 atom stereocenters. The van der Waals surface area contributed by atoms with E-state index in [1.165, 1.54) is 19.3 Å². The molecule has 1 aliphatic carbocycles. The quantitative estimate of drug-likeness (QED) is 0.681. The van der Waals surface area contributed by atoms with Crippen molar-refractivity contribution in [3.05, 3.63) is 0 Å². The van der Waals surface area contributed by atoms with Crippen molar-refractivity contribution in [2.75, 3.05) is 33.0 Å². The summed E-state index contributed by atoms with van der Waals surface area (Å²) in [5, 5.41) is 17.2. The molecule has 0 amide bonds. The normalized spacial score (nSPS) is 16.7. The average molecular weight is 234 g/mol. The summed E-state index contributed by atoms with van der Waals surface area (Å²) < 4.78 is 9.88. The summed E-state index contributed by atoms with van der Waals surface area (Å²) in [6.07, 6.45) is 5.92. The van der Waals surface area contributed by atoms with Gasteiger partial charge in [-0.25, -0.2) is 0 Å². The molecule has 2 N–H and O–H groups in total. The van der Waals surface area contributed by atoms with Crippen LogP contribution < -0.4 is 0 Å². The molecule has 0 radical (unpaired) electrons. The lowest BCUT2D eigenvalue weighted by Gasteiger charge is -2.14. The highest BCUT2D eigenvalue weighted by Gasteiger charge is 2.07. The maximum absolute atomic E-state index is 8.91. The largest absolute Gasteiger partial charge is 0.394 e. The first-order valence-electron chi connectivity index (χ1n) is 6.25. The van der Waals surface area contributed by atoms with E-state index in [1.807, 2.05) is 6.92 Å². The van der Waals surface area contributed by atoms with Crippen molar-refractivity contribution in [3.63, 3.8) is 0 Å². The Morgan fingerprint density at radius 1 is 1.00 bits per heavy atom. The summed E-state index contributed by atoms with van der Waals surface area (Å²) in [6.45, 7) is 4.36. The molecule has 0 aromatic carbocycles. The third kappa shape index (κ3) is 11.9. The Bertz CT molecular complexity index is 118. The molecule has 0 spiro atoms. The molecule has 16 heavy (non-hydrogen) atoms. The predicted molar refractivity (Wildman–Crippen MR) is 63.5 cm³/mol. The minimum absolute atomic E-state index is 0.0359. The van der Waals surface area contributed by atoms with Crippen LogP contribution in [0.4, 0.5) is 0 Å². The fourth-order valence-electron chi connectivity index (χ4n) is 1.51. The minimum atomic E-state index is 0.0359. The summed E-state index contributed by atoms with van der Waals surface area (Å²) in [4.78, 5) is 0. The van der Waals surface area contributed by atoms with E-state index < -0.39 is 0 Å². The zero-order valence-corrected chi connectivity index (χ0v) is 10.4. The standard InChI is InChI=1S/C6H14O3.C6H12O/c1-2-8-5-6-9-4-3-7;7-6-4-2-1-3-5-6/h7H,2-6H2,1H3;6-7H,1-5H2. The summed E-state index contributed by atoms with van der Waals surface area (Å²) >= 11 is 0. The molecule has 98 valence electrons. The second-order valence-corrected chi connectivity index (χ2v) is 3.82. The third-order valence-electron chi connectivity index (χ3n) is 2.39. The van der Waals surface area contributed by atoms with Gasteiger partial charge >= 0.3 is 0 Å². The van der Waals surface area contributed by atoms with Crippen molar-refractivity contribution in [2.24, 2.45) is 0 Å². The van der Waals surface area contributed by atoms with Gasteiger partial charge in [0.2, 0.25) is 0 Å². The number of rotatable bonds is 6. The zero-order chi connectivity index (χ0) is 12.1. The number of ether oxygens (including phenoxy) is 2. The van der Waals surface area contributed by atoms with Gasteiger partial charge in [-0.3, -0.25) is 0 Å². The van der Waals surface area contributed by atoms with E-state index in [-0.39, 0.29) is 12.7 Å². The molecule has 0 heterocycles. The van der Waals surface area contributed by atoms with Gasteiger partial charge in [0.25, 0.3) is 0 Å². The molecule has 0 saturated heterocycles. The first-order chi connectivity index (χ1) is 7.81. The molecule has 1 aliphatic rings. The molecule has 4 nitrogen and oxygen atoms in total. The Morgan fingerprint density at radius 3 is 2.06 bits per heavy atom. The van der Waals surface area contributed by atoms with Crippen molar-refractivity contribution in [3.8, 4) is 0 Å². The van der Waals surface area contributed by atoms with Gasteiger partial charge in [0.05, 0.1) is 32.5 Å². The predicted octanol–water partition coefficient (Wildman–Crippen LogP) is 1.34. The van der Waals surface area contributed by atoms with E-state index in [1.54, 1.807) is 0 Å². The van der Waals surface area contributed by atoms with Gasteiger partial charge in [-0.05, 0) is 19.8 Å². The molecule has 1 fully saturated rings. The van der Waals surface area contributed by atoms with E-state index in [0.717, 1.165) is 19.4 Å². The maximum atomic E-state index is 8.91. The summed E-state index contributed by atoms with van der Waals surface area (Å²) in [6, 6.07) is 0. The van der Waals surface area contributed by atoms with Crippen LogP contribution >= 0.6 is 0 Å². The van der Waals surface area contributed by atoms with Crippen LogP contribution in [-0.4, -0.2) is 49.4 Å². The van der Waals surface area contributed by atoms with Crippen LogP contribution in [0.2, 0.25) is 0 Å². The molecule has 1 saturated carbocycles. The van der Waals surface area contributed by atoms with Crippen LogP contribution in [0.25, 0.3) is 0 Å². The number of hydrogen-bond acceptors (Lipinski definition) is 4. The van der Waals surface area contributed by atoms with Gasteiger partial charge in [-0.2, -0.15) is 0 Å². The first-order valence-corrected chi connectivity index (χ1v) is 6.25. The Balaban J connectivity index is 0.000000288. The summed E-state index contributed by atoms with van der Waals surface area (Å²) in [5.74, 6) is 0. The van der Waals surface area contributed by atoms with Crippen LogP contribution in [0.1, 0.15) is 39.0 Å². The monoisotopic (exact) mass is 234 g/mol. The first kappa shape index (κ1) is 15.8. The fourth-order valence-corrected chi connectivity index (χ4v) is 1.51. The zero-order valence-electron chi connectivity index (χ0n) is 10.4. The van der Waals surface area contributed by atoms with Crippen molar-refractivity contribution >= 4 is 0 Å². The molecule has 1 rings (SSSR count). The van der Waals surface area contributed by atoms with Gasteiger partial charge < -0.3 is 19.7 Å². The molecular weight excluding hydrogens is 208 g/mol. The summed E-state index contributed by atoms with van der Waals surface area (Å²) in [7, 11) is 0. The minimum Gasteiger partial charge on any atom is -0.394 e. The van der Waals surface area contributed by atoms with Crippen LogP contribution in [0, 0.1) is 0 Å². The fraction of sp³-hybridized carbons (Fsp3) is 1.00. The van der Waals surface area contributed by atoms with Gasteiger partial charge in [-0.1, -0.05) is 19.3 Å². The Hall–Kier alpha value is -0.160. The van der Waals surface area contributed by atoms with Crippen molar-refractivity contribution in [1.82, 2.24) is 0 Å². The number of aliphatic hydroxyl groups excluding tert-OH is 2. The van der Waals surface area contributed by atoms with Crippen molar-refractivity contribution in [1.29, 1.82) is 0 Å². The molecule has 0 aliphatic heterocycles. The van der Waals surface area contributed by atoms with Gasteiger partial charge in [-0.15, -0.1) is 0 Å². The number of hydrogen-bond donors (Lipinski definition) is 2. The van der Waals surface area contributed by atoms with Gasteiger partial charge in [0.1, 0.15) is 0 Å². The van der Waals surface area contributed by atoms with E-state index in [2.05, 4.69) is 0 Å². The van der Waals surface area contributed by atoms with Crippen LogP contribution in [-0.2, 0) is 9.47 Å². The van der Waals surface area contributed by atoms with Crippen molar-refractivity contribution in [2.45, 2.75) is 45.1 Å². The van der Waals surface area contributed by atoms with E-state index in [0.29, 0.717) is 19.8 Å². The lowest BCUT2D eigenvalue weighted by molar-refractivity contribution is 0.0370. The molecule has 0 bridgehead atoms. The highest BCUT2D eigenvalue weighted by atomic mass is 16.5. The van der Waals surface area contributed by atoms with Crippen LogP contribution in [0.5, 0.6) is 0 Å². The van der Waals surface area contributed by atoms with E-state index in [9.17, 15) is 0 Å². The van der Waals surface area contributed by atoms with E-state index in [4.69, 9.17) is 19.7 Å². The number of aliphatic hydroxyl groups is 2.